The van der Waals surface area contributed by atoms with Gasteiger partial charge in [0.15, 0.2) is 0 Å². The highest BCUT2D eigenvalue weighted by Crippen LogP contribution is 2.24. The number of carbonyl (C=O) groups excluding carboxylic acids is 1. The molecule has 1 amide bonds. The molecular weight excluding hydrogens is 267 g/mol. The van der Waals surface area contributed by atoms with Crippen LogP contribution in [0.1, 0.15) is 42.6 Å². The molecule has 0 aliphatic carbocycles. The number of hydrogen-bond acceptors (Lipinski definition) is 2. The SMILES string of the molecule is CC1CCN(C(=O)c2ccc(C#CCN)c(F)c2)C(C)C1. The average Bonchev–Trinajstić information content (AvgIpc) is 2.45. The largest absolute Gasteiger partial charge is 0.336 e. The van der Waals surface area contributed by atoms with Gasteiger partial charge in [0, 0.05) is 18.2 Å². The first-order valence-electron chi connectivity index (χ1n) is 7.32. The van der Waals surface area contributed by atoms with Gasteiger partial charge in [0.1, 0.15) is 5.82 Å². The van der Waals surface area contributed by atoms with Gasteiger partial charge in [-0.2, -0.15) is 0 Å². The fraction of sp³-hybridized carbons (Fsp3) is 0.471. The zero-order valence-corrected chi connectivity index (χ0v) is 12.5. The van der Waals surface area contributed by atoms with Crippen molar-refractivity contribution >= 4 is 5.91 Å². The van der Waals surface area contributed by atoms with Crippen LogP contribution in [0.2, 0.25) is 0 Å². The van der Waals surface area contributed by atoms with Gasteiger partial charge in [-0.05, 0) is 43.9 Å². The van der Waals surface area contributed by atoms with E-state index in [-0.39, 0.29) is 24.1 Å². The van der Waals surface area contributed by atoms with Gasteiger partial charge < -0.3 is 10.6 Å². The van der Waals surface area contributed by atoms with Gasteiger partial charge in [-0.25, -0.2) is 4.39 Å². The molecule has 2 atom stereocenters. The lowest BCUT2D eigenvalue weighted by Crippen LogP contribution is -2.44. The average molecular weight is 288 g/mol. The van der Waals surface area contributed by atoms with E-state index in [1.165, 1.54) is 6.07 Å². The Kier molecular flexibility index (Phi) is 4.98. The lowest BCUT2D eigenvalue weighted by molar-refractivity contribution is 0.0588. The van der Waals surface area contributed by atoms with Crippen LogP contribution >= 0.6 is 0 Å². The minimum Gasteiger partial charge on any atom is -0.336 e. The number of benzene rings is 1. The van der Waals surface area contributed by atoms with Crippen molar-refractivity contribution in [2.45, 2.75) is 32.7 Å². The first-order chi connectivity index (χ1) is 10.0. The molecule has 4 heteroatoms. The van der Waals surface area contributed by atoms with Crippen LogP contribution in [0, 0.1) is 23.6 Å². The van der Waals surface area contributed by atoms with E-state index in [0.717, 1.165) is 19.4 Å². The van der Waals surface area contributed by atoms with Crippen molar-refractivity contribution in [1.29, 1.82) is 0 Å². The van der Waals surface area contributed by atoms with Gasteiger partial charge in [0.2, 0.25) is 0 Å². The summed E-state index contributed by atoms with van der Waals surface area (Å²) in [4.78, 5) is 14.3. The molecule has 0 radical (unpaired) electrons. The molecule has 2 rings (SSSR count). The zero-order valence-electron chi connectivity index (χ0n) is 12.5. The molecule has 1 aliphatic rings. The van der Waals surface area contributed by atoms with E-state index in [4.69, 9.17) is 5.73 Å². The second-order valence-corrected chi connectivity index (χ2v) is 5.68. The molecular formula is C17H21FN2O. The maximum Gasteiger partial charge on any atom is 0.254 e. The van der Waals surface area contributed by atoms with Crippen molar-refractivity contribution in [2.24, 2.45) is 11.7 Å². The molecule has 3 nitrogen and oxygen atoms in total. The van der Waals surface area contributed by atoms with Crippen LogP contribution in [0.25, 0.3) is 0 Å². The molecule has 0 saturated carbocycles. The minimum absolute atomic E-state index is 0.105. The first kappa shape index (κ1) is 15.5. The van der Waals surface area contributed by atoms with E-state index >= 15 is 0 Å². The number of amides is 1. The number of nitrogens with zero attached hydrogens (tertiary/aromatic N) is 1. The number of halogens is 1. The lowest BCUT2D eigenvalue weighted by atomic mass is 9.93. The molecule has 2 N–H and O–H groups in total. The predicted octanol–water partition coefficient (Wildman–Crippen LogP) is 2.40. The van der Waals surface area contributed by atoms with E-state index in [9.17, 15) is 9.18 Å². The van der Waals surface area contributed by atoms with Gasteiger partial charge in [0.05, 0.1) is 12.1 Å². The standard InChI is InChI=1S/C17H21FN2O/c1-12-7-9-20(13(2)10-12)17(21)15-6-5-14(4-3-8-19)16(18)11-15/h5-6,11-13H,7-10,19H2,1-2H3. The summed E-state index contributed by atoms with van der Waals surface area (Å²) >= 11 is 0. The smallest absolute Gasteiger partial charge is 0.254 e. The molecule has 112 valence electrons. The Bertz CT molecular complexity index is 588. The fourth-order valence-electron chi connectivity index (χ4n) is 2.77. The lowest BCUT2D eigenvalue weighted by Gasteiger charge is -2.36. The second kappa shape index (κ2) is 6.73. The monoisotopic (exact) mass is 288 g/mol. The zero-order chi connectivity index (χ0) is 15.4. The molecule has 2 unspecified atom stereocenters. The minimum atomic E-state index is -0.472. The third-order valence-electron chi connectivity index (χ3n) is 3.94. The molecule has 1 saturated heterocycles. The van der Waals surface area contributed by atoms with Gasteiger partial charge in [0.25, 0.3) is 5.91 Å². The van der Waals surface area contributed by atoms with E-state index in [1.54, 1.807) is 12.1 Å². The summed E-state index contributed by atoms with van der Waals surface area (Å²) in [5.74, 6) is 5.33. The van der Waals surface area contributed by atoms with Crippen molar-refractivity contribution in [2.75, 3.05) is 13.1 Å². The highest BCUT2D eigenvalue weighted by atomic mass is 19.1. The Hall–Kier alpha value is -1.86. The Morgan fingerprint density at radius 2 is 2.24 bits per heavy atom. The topological polar surface area (TPSA) is 46.3 Å². The molecule has 1 aromatic rings. The first-order valence-corrected chi connectivity index (χ1v) is 7.32. The van der Waals surface area contributed by atoms with E-state index in [2.05, 4.69) is 18.8 Å². The van der Waals surface area contributed by atoms with Crippen LogP contribution < -0.4 is 5.73 Å². The van der Waals surface area contributed by atoms with E-state index < -0.39 is 5.82 Å². The van der Waals surface area contributed by atoms with Crippen molar-refractivity contribution in [3.63, 3.8) is 0 Å². The van der Waals surface area contributed by atoms with Crippen LogP contribution in [0.3, 0.4) is 0 Å². The third-order valence-corrected chi connectivity index (χ3v) is 3.94. The van der Waals surface area contributed by atoms with Crippen LogP contribution in [0.4, 0.5) is 4.39 Å². The van der Waals surface area contributed by atoms with Crippen LogP contribution in [-0.2, 0) is 0 Å². The second-order valence-electron chi connectivity index (χ2n) is 5.68. The van der Waals surface area contributed by atoms with Crippen LogP contribution in [0.5, 0.6) is 0 Å². The summed E-state index contributed by atoms with van der Waals surface area (Å²) in [6.07, 6.45) is 1.99. The summed E-state index contributed by atoms with van der Waals surface area (Å²) in [6.45, 7) is 5.16. The Morgan fingerprint density at radius 3 is 2.86 bits per heavy atom. The van der Waals surface area contributed by atoms with Crippen molar-refractivity contribution in [1.82, 2.24) is 4.90 Å². The molecule has 1 heterocycles. The van der Waals surface area contributed by atoms with Crippen molar-refractivity contribution in [3.05, 3.63) is 35.1 Å². The molecule has 1 aromatic carbocycles. The number of rotatable bonds is 1. The summed E-state index contributed by atoms with van der Waals surface area (Å²) in [5, 5.41) is 0. The molecule has 0 aromatic heterocycles. The molecule has 0 spiro atoms. The summed E-state index contributed by atoms with van der Waals surface area (Å²) < 4.78 is 13.9. The summed E-state index contributed by atoms with van der Waals surface area (Å²) in [6, 6.07) is 4.65. The number of likely N-dealkylation sites (tertiary alicyclic amines) is 1. The van der Waals surface area contributed by atoms with E-state index in [0.29, 0.717) is 11.5 Å². The highest BCUT2D eigenvalue weighted by Gasteiger charge is 2.27. The predicted molar refractivity (Wildman–Crippen MR) is 81.2 cm³/mol. The summed E-state index contributed by atoms with van der Waals surface area (Å²) in [5.41, 5.74) is 5.93. The number of hydrogen-bond donors (Lipinski definition) is 1. The third kappa shape index (κ3) is 3.62. The summed E-state index contributed by atoms with van der Waals surface area (Å²) in [7, 11) is 0. The van der Waals surface area contributed by atoms with Gasteiger partial charge >= 0.3 is 0 Å². The Balaban J connectivity index is 2.18. The molecule has 1 aliphatic heterocycles. The Labute approximate surface area is 125 Å². The van der Waals surface area contributed by atoms with Crippen LogP contribution in [-0.4, -0.2) is 29.9 Å². The number of nitrogens with two attached hydrogens (primary N) is 1. The molecule has 0 bridgehead atoms. The number of piperidine rings is 1. The normalized spacial score (nSPS) is 21.6. The quantitative estimate of drug-likeness (QED) is 0.807. The van der Waals surface area contributed by atoms with Gasteiger partial charge in [-0.1, -0.05) is 18.8 Å². The molecule has 21 heavy (non-hydrogen) atoms. The number of carbonyl (C=O) groups is 1. The Morgan fingerprint density at radius 1 is 1.48 bits per heavy atom. The van der Waals surface area contributed by atoms with Crippen LogP contribution in [0.15, 0.2) is 18.2 Å². The van der Waals surface area contributed by atoms with E-state index in [1.807, 2.05) is 11.8 Å². The highest BCUT2D eigenvalue weighted by molar-refractivity contribution is 5.94. The molecule has 1 fully saturated rings. The van der Waals surface area contributed by atoms with Crippen molar-refractivity contribution < 1.29 is 9.18 Å². The fourth-order valence-corrected chi connectivity index (χ4v) is 2.77. The van der Waals surface area contributed by atoms with Crippen molar-refractivity contribution in [3.8, 4) is 11.8 Å². The maximum atomic E-state index is 13.9. The van der Waals surface area contributed by atoms with Gasteiger partial charge in [-0.3, -0.25) is 4.79 Å². The maximum absolute atomic E-state index is 13.9. The van der Waals surface area contributed by atoms with Gasteiger partial charge in [-0.15, -0.1) is 0 Å².